The van der Waals surface area contributed by atoms with Crippen LogP contribution in [-0.4, -0.2) is 25.8 Å². The third-order valence-electron chi connectivity index (χ3n) is 2.03. The molecule has 0 aliphatic rings. The lowest BCUT2D eigenvalue weighted by molar-refractivity contribution is 0.0452. The Morgan fingerprint density at radius 3 is 2.76 bits per heavy atom. The first-order valence-corrected chi connectivity index (χ1v) is 5.44. The van der Waals surface area contributed by atoms with Crippen LogP contribution >= 0.6 is 0 Å². The normalized spacial score (nSPS) is 10.2. The topological polar surface area (TPSA) is 61.5 Å². The van der Waals surface area contributed by atoms with E-state index in [1.807, 2.05) is 6.92 Å². The van der Waals surface area contributed by atoms with E-state index in [9.17, 15) is 9.18 Å². The zero-order valence-electron chi connectivity index (χ0n) is 9.74. The lowest BCUT2D eigenvalue weighted by atomic mass is 10.2. The average Bonchev–Trinajstić information content (AvgIpc) is 2.27. The molecular formula is C12H16FNO3. The van der Waals surface area contributed by atoms with Crippen LogP contribution in [0.25, 0.3) is 0 Å². The molecule has 0 saturated heterocycles. The fraction of sp³-hybridized carbons (Fsp3) is 0.417. The molecule has 4 nitrogen and oxygen atoms in total. The largest absolute Gasteiger partial charge is 0.462 e. The zero-order valence-corrected chi connectivity index (χ0v) is 9.74. The summed E-state index contributed by atoms with van der Waals surface area (Å²) in [5, 5.41) is 0. The maximum Gasteiger partial charge on any atom is 0.338 e. The fourth-order valence-electron chi connectivity index (χ4n) is 1.28. The number of anilines is 1. The molecule has 0 radical (unpaired) electrons. The smallest absolute Gasteiger partial charge is 0.338 e. The van der Waals surface area contributed by atoms with E-state index in [4.69, 9.17) is 15.2 Å². The molecule has 1 rings (SSSR count). The van der Waals surface area contributed by atoms with Crippen LogP contribution < -0.4 is 5.73 Å². The molecule has 0 fully saturated rings. The Hall–Kier alpha value is -1.62. The Labute approximate surface area is 99.5 Å². The van der Waals surface area contributed by atoms with E-state index in [1.165, 1.54) is 6.07 Å². The molecule has 0 unspecified atom stereocenters. The molecule has 0 spiro atoms. The van der Waals surface area contributed by atoms with Crippen molar-refractivity contribution in [1.82, 2.24) is 0 Å². The van der Waals surface area contributed by atoms with Crippen LogP contribution in [-0.2, 0) is 9.47 Å². The first kappa shape index (κ1) is 13.4. The predicted octanol–water partition coefficient (Wildman–Crippen LogP) is 1.99. The fourth-order valence-corrected chi connectivity index (χ4v) is 1.28. The summed E-state index contributed by atoms with van der Waals surface area (Å²) < 4.78 is 23.0. The van der Waals surface area contributed by atoms with Crippen LogP contribution in [0.1, 0.15) is 23.7 Å². The summed E-state index contributed by atoms with van der Waals surface area (Å²) in [6.07, 6.45) is 0.615. The van der Waals surface area contributed by atoms with Gasteiger partial charge in [-0.2, -0.15) is 0 Å². The van der Waals surface area contributed by atoms with Gasteiger partial charge in [0, 0.05) is 25.3 Å². The number of carbonyl (C=O) groups is 1. The molecule has 94 valence electrons. The van der Waals surface area contributed by atoms with Crippen LogP contribution in [0.15, 0.2) is 18.2 Å². The summed E-state index contributed by atoms with van der Waals surface area (Å²) in [7, 11) is 0. The predicted molar refractivity (Wildman–Crippen MR) is 62.2 cm³/mol. The van der Waals surface area contributed by atoms with Gasteiger partial charge in [0.25, 0.3) is 0 Å². The minimum absolute atomic E-state index is 0.124. The number of hydrogen-bond donors (Lipinski definition) is 1. The molecule has 0 aromatic heterocycles. The molecule has 5 heteroatoms. The molecule has 0 atom stereocenters. The maximum absolute atomic E-state index is 13.0. The first-order chi connectivity index (χ1) is 8.13. The Bertz CT molecular complexity index is 362. The highest BCUT2D eigenvalue weighted by Gasteiger charge is 2.09. The Balaban J connectivity index is 2.41. The number of rotatable bonds is 6. The highest BCUT2D eigenvalue weighted by atomic mass is 19.1. The summed E-state index contributed by atoms with van der Waals surface area (Å²) in [6, 6.07) is 3.63. The maximum atomic E-state index is 13.0. The van der Waals surface area contributed by atoms with Gasteiger partial charge >= 0.3 is 5.97 Å². The second kappa shape index (κ2) is 6.85. The van der Waals surface area contributed by atoms with Gasteiger partial charge in [-0.1, -0.05) is 0 Å². The van der Waals surface area contributed by atoms with Gasteiger partial charge in [0.05, 0.1) is 12.2 Å². The van der Waals surface area contributed by atoms with Crippen LogP contribution in [0.3, 0.4) is 0 Å². The molecule has 1 aromatic rings. The monoisotopic (exact) mass is 241 g/mol. The van der Waals surface area contributed by atoms with Crippen molar-refractivity contribution in [1.29, 1.82) is 0 Å². The van der Waals surface area contributed by atoms with Crippen molar-refractivity contribution in [2.24, 2.45) is 0 Å². The van der Waals surface area contributed by atoms with E-state index in [2.05, 4.69) is 0 Å². The van der Waals surface area contributed by atoms with Gasteiger partial charge in [-0.25, -0.2) is 9.18 Å². The molecule has 0 aliphatic heterocycles. The molecule has 0 saturated carbocycles. The Kier molecular flexibility index (Phi) is 5.42. The van der Waals surface area contributed by atoms with E-state index in [0.717, 1.165) is 12.1 Å². The van der Waals surface area contributed by atoms with E-state index in [0.29, 0.717) is 19.6 Å². The molecule has 0 heterocycles. The number of esters is 1. The van der Waals surface area contributed by atoms with Gasteiger partial charge in [-0.3, -0.25) is 0 Å². The second-order valence-corrected chi connectivity index (χ2v) is 3.46. The standard InChI is InChI=1S/C12H16FNO3/c1-2-16-4-3-5-17-12(15)9-6-10(13)8-11(14)7-9/h6-8H,2-5,14H2,1H3. The average molecular weight is 241 g/mol. The minimum Gasteiger partial charge on any atom is -0.462 e. The van der Waals surface area contributed by atoms with Gasteiger partial charge in [-0.05, 0) is 25.1 Å². The highest BCUT2D eigenvalue weighted by molar-refractivity contribution is 5.90. The number of benzene rings is 1. The number of nitrogens with two attached hydrogens (primary N) is 1. The molecule has 2 N–H and O–H groups in total. The second-order valence-electron chi connectivity index (χ2n) is 3.46. The summed E-state index contributed by atoms with van der Waals surface area (Å²) in [5.41, 5.74) is 5.75. The van der Waals surface area contributed by atoms with Gasteiger partial charge < -0.3 is 15.2 Å². The molecule has 0 bridgehead atoms. The van der Waals surface area contributed by atoms with Gasteiger partial charge in [0.1, 0.15) is 5.82 Å². The van der Waals surface area contributed by atoms with Crippen LogP contribution in [0.5, 0.6) is 0 Å². The molecule has 1 aromatic carbocycles. The third-order valence-corrected chi connectivity index (χ3v) is 2.03. The number of carbonyl (C=O) groups excluding carboxylic acids is 1. The first-order valence-electron chi connectivity index (χ1n) is 5.44. The van der Waals surface area contributed by atoms with Gasteiger partial charge in [0.15, 0.2) is 0 Å². The van der Waals surface area contributed by atoms with E-state index in [1.54, 1.807) is 0 Å². The van der Waals surface area contributed by atoms with Gasteiger partial charge in [0.2, 0.25) is 0 Å². The number of hydrogen-bond acceptors (Lipinski definition) is 4. The minimum atomic E-state index is -0.576. The number of nitrogen functional groups attached to an aromatic ring is 1. The Morgan fingerprint density at radius 2 is 2.12 bits per heavy atom. The van der Waals surface area contributed by atoms with Crippen molar-refractivity contribution in [3.63, 3.8) is 0 Å². The molecule has 0 amide bonds. The van der Waals surface area contributed by atoms with Crippen molar-refractivity contribution in [2.45, 2.75) is 13.3 Å². The van der Waals surface area contributed by atoms with Crippen molar-refractivity contribution in [3.8, 4) is 0 Å². The van der Waals surface area contributed by atoms with Gasteiger partial charge in [-0.15, -0.1) is 0 Å². The quantitative estimate of drug-likeness (QED) is 0.470. The van der Waals surface area contributed by atoms with Crippen molar-refractivity contribution in [3.05, 3.63) is 29.6 Å². The van der Waals surface area contributed by atoms with Crippen molar-refractivity contribution < 1.29 is 18.7 Å². The van der Waals surface area contributed by atoms with Crippen molar-refractivity contribution in [2.75, 3.05) is 25.6 Å². The summed E-state index contributed by atoms with van der Waals surface area (Å²) in [5.74, 6) is -1.13. The molecular weight excluding hydrogens is 225 g/mol. The SMILES string of the molecule is CCOCCCOC(=O)c1cc(N)cc(F)c1. The molecule has 17 heavy (non-hydrogen) atoms. The lowest BCUT2D eigenvalue weighted by Gasteiger charge is -2.05. The highest BCUT2D eigenvalue weighted by Crippen LogP contribution is 2.11. The van der Waals surface area contributed by atoms with E-state index < -0.39 is 11.8 Å². The van der Waals surface area contributed by atoms with E-state index >= 15 is 0 Å². The van der Waals surface area contributed by atoms with Crippen molar-refractivity contribution >= 4 is 11.7 Å². The molecule has 0 aliphatic carbocycles. The van der Waals surface area contributed by atoms with Crippen LogP contribution in [0.4, 0.5) is 10.1 Å². The summed E-state index contributed by atoms with van der Waals surface area (Å²) in [4.78, 5) is 11.5. The van der Waals surface area contributed by atoms with Crippen LogP contribution in [0, 0.1) is 5.82 Å². The lowest BCUT2D eigenvalue weighted by Crippen LogP contribution is -2.09. The Morgan fingerprint density at radius 1 is 1.35 bits per heavy atom. The zero-order chi connectivity index (χ0) is 12.7. The number of halogens is 1. The number of ether oxygens (including phenoxy) is 2. The third kappa shape index (κ3) is 4.82. The van der Waals surface area contributed by atoms with E-state index in [-0.39, 0.29) is 17.9 Å². The summed E-state index contributed by atoms with van der Waals surface area (Å²) >= 11 is 0. The van der Waals surface area contributed by atoms with Crippen LogP contribution in [0.2, 0.25) is 0 Å². The summed E-state index contributed by atoms with van der Waals surface area (Å²) in [6.45, 7) is 3.31.